The van der Waals surface area contributed by atoms with Crippen molar-refractivity contribution in [1.82, 2.24) is 9.78 Å². The van der Waals surface area contributed by atoms with Crippen LogP contribution >= 0.6 is 11.6 Å². The Labute approximate surface area is 190 Å². The monoisotopic (exact) mass is 456 g/mol. The van der Waals surface area contributed by atoms with Crippen LogP contribution < -0.4 is 0 Å². The van der Waals surface area contributed by atoms with Crippen molar-refractivity contribution in [2.45, 2.75) is 39.4 Å². The predicted molar refractivity (Wildman–Crippen MR) is 124 cm³/mol. The van der Waals surface area contributed by atoms with Gasteiger partial charge in [0.2, 0.25) is 0 Å². The number of hydrogen-bond donors (Lipinski definition) is 0. The fourth-order valence-electron chi connectivity index (χ4n) is 4.18. The van der Waals surface area contributed by atoms with Gasteiger partial charge in [-0.05, 0) is 54.2 Å². The number of benzene rings is 3. The van der Waals surface area contributed by atoms with Crippen LogP contribution in [0.2, 0.25) is 5.02 Å². The van der Waals surface area contributed by atoms with Gasteiger partial charge in [0.1, 0.15) is 0 Å². The van der Waals surface area contributed by atoms with Crippen molar-refractivity contribution in [2.75, 3.05) is 0 Å². The third-order valence-corrected chi connectivity index (χ3v) is 6.14. The minimum Gasteiger partial charge on any atom is -0.257 e. The molecule has 2 nitrogen and oxygen atoms in total. The highest BCUT2D eigenvalue weighted by atomic mass is 35.5. The molecule has 3 aromatic carbocycles. The van der Waals surface area contributed by atoms with Crippen LogP contribution in [-0.2, 0) is 6.18 Å². The van der Waals surface area contributed by atoms with E-state index in [2.05, 4.69) is 31.1 Å². The molecule has 1 aromatic heterocycles. The van der Waals surface area contributed by atoms with E-state index in [4.69, 9.17) is 11.6 Å². The van der Waals surface area contributed by atoms with Gasteiger partial charge in [0.05, 0.1) is 28.3 Å². The maximum atomic E-state index is 13.1. The number of hydrogen-bond acceptors (Lipinski definition) is 1. The van der Waals surface area contributed by atoms with E-state index in [0.717, 1.165) is 29.5 Å². The van der Waals surface area contributed by atoms with Crippen molar-refractivity contribution < 1.29 is 13.2 Å². The fraction of sp³-hybridized carbons (Fsp3) is 0.269. The first kappa shape index (κ1) is 22.4. The second-order valence-electron chi connectivity index (χ2n) is 8.53. The van der Waals surface area contributed by atoms with E-state index < -0.39 is 11.7 Å². The molecule has 1 heterocycles. The zero-order valence-electron chi connectivity index (χ0n) is 18.1. The summed E-state index contributed by atoms with van der Waals surface area (Å²) in [7, 11) is 0. The summed E-state index contributed by atoms with van der Waals surface area (Å²) >= 11 is 6.77. The van der Waals surface area contributed by atoms with Gasteiger partial charge in [-0.25, -0.2) is 0 Å². The molecule has 6 heteroatoms. The van der Waals surface area contributed by atoms with Crippen molar-refractivity contribution in [3.8, 4) is 11.1 Å². The summed E-state index contributed by atoms with van der Waals surface area (Å²) in [6.07, 6.45) is -1.71. The lowest BCUT2D eigenvalue weighted by molar-refractivity contribution is -0.137. The van der Waals surface area contributed by atoms with Gasteiger partial charge >= 0.3 is 6.18 Å². The summed E-state index contributed by atoms with van der Waals surface area (Å²) in [5.74, 6) is 0.462. The van der Waals surface area contributed by atoms with Crippen LogP contribution in [0.15, 0.2) is 66.9 Å². The molecule has 1 unspecified atom stereocenters. The summed E-state index contributed by atoms with van der Waals surface area (Å²) in [6, 6.07) is 17.9. The largest absolute Gasteiger partial charge is 0.416 e. The van der Waals surface area contributed by atoms with Gasteiger partial charge in [-0.2, -0.15) is 18.3 Å². The number of halogens is 4. The van der Waals surface area contributed by atoms with Crippen molar-refractivity contribution in [3.63, 3.8) is 0 Å². The number of fused-ring (bicyclic) bond motifs is 1. The van der Waals surface area contributed by atoms with Crippen molar-refractivity contribution in [3.05, 3.63) is 88.6 Å². The predicted octanol–water partition coefficient (Wildman–Crippen LogP) is 8.32. The Morgan fingerprint density at radius 2 is 1.66 bits per heavy atom. The summed E-state index contributed by atoms with van der Waals surface area (Å²) in [4.78, 5) is 0. The molecule has 166 valence electrons. The minimum atomic E-state index is -4.37. The van der Waals surface area contributed by atoms with Gasteiger partial charge in [-0.15, -0.1) is 0 Å². The molecule has 32 heavy (non-hydrogen) atoms. The topological polar surface area (TPSA) is 17.8 Å². The van der Waals surface area contributed by atoms with Gasteiger partial charge in [0.25, 0.3) is 0 Å². The zero-order chi connectivity index (χ0) is 23.0. The van der Waals surface area contributed by atoms with Gasteiger partial charge < -0.3 is 0 Å². The molecule has 0 aliphatic carbocycles. The lowest BCUT2D eigenvalue weighted by Crippen LogP contribution is -2.14. The lowest BCUT2D eigenvalue weighted by Gasteiger charge is -2.21. The van der Waals surface area contributed by atoms with Crippen LogP contribution in [0.3, 0.4) is 0 Å². The summed E-state index contributed by atoms with van der Waals surface area (Å²) in [5.41, 5.74) is 3.31. The van der Waals surface area contributed by atoms with Crippen molar-refractivity contribution in [1.29, 1.82) is 0 Å². The molecule has 0 saturated carbocycles. The molecule has 0 saturated heterocycles. The van der Waals surface area contributed by atoms with E-state index >= 15 is 0 Å². The van der Waals surface area contributed by atoms with Crippen molar-refractivity contribution in [2.24, 2.45) is 5.92 Å². The maximum Gasteiger partial charge on any atom is 0.416 e. The second-order valence-corrected chi connectivity index (χ2v) is 8.91. The quantitative estimate of drug-likeness (QED) is 0.295. The Morgan fingerprint density at radius 1 is 0.969 bits per heavy atom. The van der Waals surface area contributed by atoms with E-state index in [1.807, 2.05) is 35.0 Å². The Bertz CT molecular complexity index is 1240. The molecule has 0 N–H and O–H groups in total. The average Bonchev–Trinajstić information content (AvgIpc) is 3.17. The Kier molecular flexibility index (Phi) is 6.04. The molecular formula is C26H24ClF3N2. The first-order valence-electron chi connectivity index (χ1n) is 10.6. The normalized spacial score (nSPS) is 13.1. The van der Waals surface area contributed by atoms with Gasteiger partial charge in [0, 0.05) is 10.9 Å². The first-order chi connectivity index (χ1) is 15.2. The highest BCUT2D eigenvalue weighted by molar-refractivity contribution is 6.38. The molecule has 4 aromatic rings. The van der Waals surface area contributed by atoms with Crippen LogP contribution in [0, 0.1) is 12.8 Å². The molecule has 4 rings (SSSR count). The van der Waals surface area contributed by atoms with Gasteiger partial charge in [0.15, 0.2) is 0 Å². The molecular weight excluding hydrogens is 433 g/mol. The van der Waals surface area contributed by atoms with E-state index in [9.17, 15) is 13.2 Å². The fourth-order valence-corrected chi connectivity index (χ4v) is 4.50. The summed E-state index contributed by atoms with van der Waals surface area (Å²) in [6.45, 7) is 6.03. The molecule has 0 radical (unpaired) electrons. The third-order valence-electron chi connectivity index (χ3n) is 5.73. The lowest BCUT2D eigenvalue weighted by atomic mass is 9.96. The van der Waals surface area contributed by atoms with Gasteiger partial charge in [-0.3, -0.25) is 4.68 Å². The van der Waals surface area contributed by atoms with Crippen LogP contribution in [0.25, 0.3) is 22.0 Å². The molecule has 0 fully saturated rings. The van der Waals surface area contributed by atoms with E-state index in [0.29, 0.717) is 27.6 Å². The number of alkyl halides is 3. The molecule has 0 bridgehead atoms. The molecule has 1 atom stereocenters. The highest BCUT2D eigenvalue weighted by Gasteiger charge is 2.31. The van der Waals surface area contributed by atoms with E-state index in [-0.39, 0.29) is 6.04 Å². The van der Waals surface area contributed by atoms with Gasteiger partial charge in [-0.1, -0.05) is 67.9 Å². The standard InChI is InChI=1S/C26H24ClF3N2/c1-16(2)13-24(18-7-5-4-6-8-18)32-23-12-11-21(25(27)22(23)15-31-32)20-10-9-19(14-17(20)3)26(28,29)30/h4-12,14-16,24H,13H2,1-3H3. The molecule has 0 amide bonds. The Balaban J connectivity index is 1.81. The second kappa shape index (κ2) is 8.62. The smallest absolute Gasteiger partial charge is 0.257 e. The van der Waals surface area contributed by atoms with Crippen LogP contribution in [0.1, 0.15) is 43.0 Å². The van der Waals surface area contributed by atoms with Crippen LogP contribution in [0.4, 0.5) is 13.2 Å². The number of rotatable bonds is 5. The summed E-state index contributed by atoms with van der Waals surface area (Å²) < 4.78 is 41.2. The maximum absolute atomic E-state index is 13.1. The minimum absolute atomic E-state index is 0.0587. The van der Waals surface area contributed by atoms with Crippen LogP contribution in [-0.4, -0.2) is 9.78 Å². The average molecular weight is 457 g/mol. The van der Waals surface area contributed by atoms with Crippen molar-refractivity contribution >= 4 is 22.5 Å². The van der Waals surface area contributed by atoms with E-state index in [1.54, 1.807) is 13.1 Å². The molecule has 0 aliphatic rings. The van der Waals surface area contributed by atoms with Crippen LogP contribution in [0.5, 0.6) is 0 Å². The highest BCUT2D eigenvalue weighted by Crippen LogP contribution is 2.39. The first-order valence-corrected chi connectivity index (χ1v) is 10.9. The number of aryl methyl sites for hydroxylation is 1. The number of aromatic nitrogens is 2. The third kappa shape index (κ3) is 4.26. The Morgan fingerprint density at radius 3 is 2.28 bits per heavy atom. The van der Waals surface area contributed by atoms with E-state index in [1.165, 1.54) is 11.6 Å². The molecule has 0 aliphatic heterocycles. The number of nitrogens with zero attached hydrogens (tertiary/aromatic N) is 2. The Hall–Kier alpha value is -2.79. The molecule has 0 spiro atoms. The SMILES string of the molecule is Cc1cc(C(F)(F)F)ccc1-c1ccc2c(cnn2C(CC(C)C)c2ccccc2)c1Cl. The summed E-state index contributed by atoms with van der Waals surface area (Å²) in [5, 5.41) is 5.95. The zero-order valence-corrected chi connectivity index (χ0v) is 18.9.